The molecule has 1 aromatic heterocycles. The van der Waals surface area contributed by atoms with E-state index in [0.29, 0.717) is 11.3 Å². The van der Waals surface area contributed by atoms with Crippen LogP contribution in [0.1, 0.15) is 12.5 Å². The average Bonchev–Trinajstić information content (AvgIpc) is 2.51. The topological polar surface area (TPSA) is 69.9 Å². The predicted molar refractivity (Wildman–Crippen MR) is 83.3 cm³/mol. The molecule has 2 N–H and O–H groups in total. The van der Waals surface area contributed by atoms with Gasteiger partial charge in [-0.25, -0.2) is 4.39 Å². The summed E-state index contributed by atoms with van der Waals surface area (Å²) in [6, 6.07) is 5.95. The predicted octanol–water partition coefficient (Wildman–Crippen LogP) is 3.76. The Labute approximate surface area is 126 Å². The molecule has 0 spiro atoms. The molecule has 0 amide bonds. The Morgan fingerprint density at radius 1 is 1.33 bits per heavy atom. The molecule has 0 saturated carbocycles. The molecule has 0 radical (unpaired) electrons. The number of hydrogen-bond acceptors (Lipinski definition) is 5. The summed E-state index contributed by atoms with van der Waals surface area (Å²) in [5.74, 6) is -0.617. The van der Waals surface area contributed by atoms with Gasteiger partial charge in [0.25, 0.3) is 0 Å². The van der Waals surface area contributed by atoms with E-state index in [4.69, 9.17) is 5.41 Å². The summed E-state index contributed by atoms with van der Waals surface area (Å²) in [6.45, 7) is 1.71. The van der Waals surface area contributed by atoms with Crippen molar-refractivity contribution in [2.75, 3.05) is 6.26 Å². The van der Waals surface area contributed by atoms with Gasteiger partial charge in [-0.15, -0.1) is 22.0 Å². The highest BCUT2D eigenvalue weighted by Gasteiger charge is 2.14. The van der Waals surface area contributed by atoms with Crippen molar-refractivity contribution < 1.29 is 9.50 Å². The van der Waals surface area contributed by atoms with E-state index >= 15 is 0 Å². The van der Waals surface area contributed by atoms with Crippen LogP contribution in [0.15, 0.2) is 35.4 Å². The van der Waals surface area contributed by atoms with Gasteiger partial charge in [-0.3, -0.25) is 0 Å². The highest BCUT2D eigenvalue weighted by Crippen LogP contribution is 2.32. The fourth-order valence-electron chi connectivity index (χ4n) is 1.88. The molecule has 2 rings (SSSR count). The van der Waals surface area contributed by atoms with Crippen LogP contribution in [0.5, 0.6) is 5.75 Å². The summed E-state index contributed by atoms with van der Waals surface area (Å²) in [5, 5.41) is 26.0. The molecule has 1 heterocycles. The molecule has 108 valence electrons. The first kappa shape index (κ1) is 15.2. The maximum absolute atomic E-state index is 14.2. The lowest BCUT2D eigenvalue weighted by molar-refractivity contribution is 0.474. The van der Waals surface area contributed by atoms with Gasteiger partial charge < -0.3 is 10.5 Å². The number of nitrogens with zero attached hydrogens (tertiary/aromatic N) is 2. The molecular formula is C15H14FN3OS. The third kappa shape index (κ3) is 3.11. The zero-order valence-electron chi connectivity index (χ0n) is 11.6. The monoisotopic (exact) mass is 303 g/mol. The van der Waals surface area contributed by atoms with Crippen LogP contribution in [0.3, 0.4) is 0 Å². The molecule has 0 saturated heterocycles. The molecule has 0 atom stereocenters. The summed E-state index contributed by atoms with van der Waals surface area (Å²) in [6.07, 6.45) is 4.54. The number of thioether (sulfide) groups is 1. The molecule has 0 unspecified atom stereocenters. The second-order valence-electron chi connectivity index (χ2n) is 4.20. The minimum absolute atomic E-state index is 0.0983. The molecule has 0 aliphatic rings. The van der Waals surface area contributed by atoms with Crippen LogP contribution in [0, 0.1) is 11.2 Å². The second-order valence-corrected chi connectivity index (χ2v) is 5.03. The Balaban J connectivity index is 2.51. The number of benzene rings is 1. The summed E-state index contributed by atoms with van der Waals surface area (Å²) in [7, 11) is 0. The van der Waals surface area contributed by atoms with Crippen LogP contribution >= 0.6 is 11.8 Å². The molecule has 21 heavy (non-hydrogen) atoms. The van der Waals surface area contributed by atoms with E-state index in [0.717, 1.165) is 11.2 Å². The molecule has 0 bridgehead atoms. The lowest BCUT2D eigenvalue weighted by Gasteiger charge is -2.09. The highest BCUT2D eigenvalue weighted by atomic mass is 32.2. The van der Waals surface area contributed by atoms with Crippen LogP contribution in [-0.4, -0.2) is 27.8 Å². The van der Waals surface area contributed by atoms with Crippen molar-refractivity contribution in [2.45, 2.75) is 11.9 Å². The van der Waals surface area contributed by atoms with Gasteiger partial charge in [0.1, 0.15) is 16.6 Å². The summed E-state index contributed by atoms with van der Waals surface area (Å²) < 4.78 is 14.2. The van der Waals surface area contributed by atoms with Crippen molar-refractivity contribution in [1.29, 1.82) is 5.41 Å². The SMILES string of the molecule is C/C=C(\C=N)c1cc(O)c(-c2ccc(SC)nn2)cc1F. The number of hydrogen-bond donors (Lipinski definition) is 2. The maximum Gasteiger partial charge on any atom is 0.132 e. The van der Waals surface area contributed by atoms with E-state index in [1.807, 2.05) is 6.26 Å². The van der Waals surface area contributed by atoms with Crippen LogP contribution in [0.25, 0.3) is 16.8 Å². The first-order chi connectivity index (χ1) is 10.1. The Morgan fingerprint density at radius 3 is 2.62 bits per heavy atom. The minimum atomic E-state index is -0.518. The maximum atomic E-state index is 14.2. The molecular weight excluding hydrogens is 289 g/mol. The number of rotatable bonds is 4. The van der Waals surface area contributed by atoms with E-state index < -0.39 is 5.82 Å². The van der Waals surface area contributed by atoms with E-state index in [1.54, 1.807) is 25.1 Å². The van der Waals surface area contributed by atoms with Crippen molar-refractivity contribution in [2.24, 2.45) is 0 Å². The Kier molecular flexibility index (Phi) is 4.70. The Morgan fingerprint density at radius 2 is 2.10 bits per heavy atom. The van der Waals surface area contributed by atoms with Gasteiger partial charge in [-0.05, 0) is 43.0 Å². The van der Waals surface area contributed by atoms with Crippen molar-refractivity contribution in [1.82, 2.24) is 10.2 Å². The standard InChI is InChI=1S/C15H14FN3OS/c1-3-9(8-17)10-7-14(20)11(6-12(10)16)13-4-5-15(21-2)19-18-13/h3-8,17,20H,1-2H3/b9-3+,17-8?. The van der Waals surface area contributed by atoms with Crippen LogP contribution in [0.2, 0.25) is 0 Å². The zero-order chi connectivity index (χ0) is 15.4. The van der Waals surface area contributed by atoms with Crippen molar-refractivity contribution >= 4 is 23.5 Å². The quantitative estimate of drug-likeness (QED) is 0.666. The van der Waals surface area contributed by atoms with Gasteiger partial charge in [0, 0.05) is 17.3 Å². The lowest BCUT2D eigenvalue weighted by Crippen LogP contribution is -1.95. The molecule has 6 heteroatoms. The van der Waals surface area contributed by atoms with E-state index in [-0.39, 0.29) is 16.9 Å². The molecule has 4 nitrogen and oxygen atoms in total. The number of nitrogens with one attached hydrogen (secondary N) is 1. The molecule has 0 aliphatic carbocycles. The van der Waals surface area contributed by atoms with E-state index in [2.05, 4.69) is 10.2 Å². The second kappa shape index (κ2) is 6.49. The Hall–Kier alpha value is -2.21. The summed E-state index contributed by atoms with van der Waals surface area (Å²) in [5.41, 5.74) is 1.25. The van der Waals surface area contributed by atoms with Gasteiger partial charge in [-0.2, -0.15) is 0 Å². The number of phenolic OH excluding ortho intramolecular Hbond substituents is 1. The van der Waals surface area contributed by atoms with Crippen LogP contribution in [0.4, 0.5) is 4.39 Å². The largest absolute Gasteiger partial charge is 0.507 e. The number of allylic oxidation sites excluding steroid dienone is 2. The Bertz CT molecular complexity index is 699. The van der Waals surface area contributed by atoms with Crippen LogP contribution < -0.4 is 0 Å². The number of aromatic hydroxyl groups is 1. The van der Waals surface area contributed by atoms with Gasteiger partial charge in [0.2, 0.25) is 0 Å². The van der Waals surface area contributed by atoms with Gasteiger partial charge in [0.05, 0.1) is 5.69 Å². The third-order valence-electron chi connectivity index (χ3n) is 2.99. The summed E-state index contributed by atoms with van der Waals surface area (Å²) in [4.78, 5) is 0. The molecule has 1 aromatic carbocycles. The van der Waals surface area contributed by atoms with Crippen molar-refractivity contribution in [3.63, 3.8) is 0 Å². The lowest BCUT2D eigenvalue weighted by atomic mass is 10.0. The van der Waals surface area contributed by atoms with Gasteiger partial charge >= 0.3 is 0 Å². The van der Waals surface area contributed by atoms with Crippen molar-refractivity contribution in [3.05, 3.63) is 41.7 Å². The summed E-state index contributed by atoms with van der Waals surface area (Å²) >= 11 is 1.45. The fourth-order valence-corrected chi connectivity index (χ4v) is 2.20. The first-order valence-electron chi connectivity index (χ1n) is 6.18. The zero-order valence-corrected chi connectivity index (χ0v) is 12.4. The smallest absolute Gasteiger partial charge is 0.132 e. The number of phenols is 1. The average molecular weight is 303 g/mol. The van der Waals surface area contributed by atoms with Crippen molar-refractivity contribution in [3.8, 4) is 17.0 Å². The fraction of sp³-hybridized carbons (Fsp3) is 0.133. The minimum Gasteiger partial charge on any atom is -0.507 e. The van der Waals surface area contributed by atoms with Crippen LogP contribution in [-0.2, 0) is 0 Å². The first-order valence-corrected chi connectivity index (χ1v) is 7.41. The molecule has 0 aliphatic heterocycles. The third-order valence-corrected chi connectivity index (χ3v) is 3.62. The van der Waals surface area contributed by atoms with E-state index in [9.17, 15) is 9.50 Å². The van der Waals surface area contributed by atoms with E-state index in [1.165, 1.54) is 23.9 Å². The number of aromatic nitrogens is 2. The normalized spacial score (nSPS) is 11.5. The van der Waals surface area contributed by atoms with Gasteiger partial charge in [-0.1, -0.05) is 6.08 Å². The highest BCUT2D eigenvalue weighted by molar-refractivity contribution is 7.98. The van der Waals surface area contributed by atoms with Gasteiger partial charge in [0.15, 0.2) is 0 Å². The molecule has 0 fully saturated rings. The molecule has 2 aromatic rings. The number of halogens is 1.